The molecule has 0 fully saturated rings. The predicted molar refractivity (Wildman–Crippen MR) is 91.8 cm³/mol. The highest BCUT2D eigenvalue weighted by Gasteiger charge is 2.16. The van der Waals surface area contributed by atoms with Gasteiger partial charge in [0.25, 0.3) is 0 Å². The molecule has 0 spiro atoms. The molecule has 0 aliphatic carbocycles. The smallest absolute Gasteiger partial charge is 0.130 e. The van der Waals surface area contributed by atoms with Crippen LogP contribution in [-0.4, -0.2) is 0 Å². The summed E-state index contributed by atoms with van der Waals surface area (Å²) in [6.07, 6.45) is 15.5. The number of unbranched alkanes of at least 4 members (excludes halogenated alkanes) is 8. The molecule has 0 saturated heterocycles. The van der Waals surface area contributed by atoms with Crippen molar-refractivity contribution in [3.8, 4) is 0 Å². The van der Waals surface area contributed by atoms with Crippen LogP contribution in [-0.2, 0) is 0 Å². The van der Waals surface area contributed by atoms with Crippen molar-refractivity contribution < 1.29 is 5.01 Å². The zero-order valence-electron chi connectivity index (χ0n) is 13.9. The van der Waals surface area contributed by atoms with E-state index in [1.165, 1.54) is 57.8 Å². The maximum atomic E-state index is 4.31. The fourth-order valence-corrected chi connectivity index (χ4v) is 2.82. The Labute approximate surface area is 135 Å². The molecule has 0 radical (unpaired) electrons. The van der Waals surface area contributed by atoms with Crippen LogP contribution in [0.4, 0.5) is 5.69 Å². The van der Waals surface area contributed by atoms with Crippen LogP contribution in [0.2, 0.25) is 0 Å². The molecule has 0 aromatic heterocycles. The average molecular weight is 300 g/mol. The Morgan fingerprint density at radius 2 is 1.45 bits per heavy atom. The second-order valence-electron chi connectivity index (χ2n) is 6.17. The van der Waals surface area contributed by atoms with Crippen molar-refractivity contribution in [2.45, 2.75) is 71.1 Å². The normalized spacial score (nSPS) is 17.0. The molecule has 1 aliphatic rings. The molecular weight excluding hydrogens is 270 g/mol. The van der Waals surface area contributed by atoms with Crippen LogP contribution in [0, 0.1) is 0 Å². The van der Waals surface area contributed by atoms with Gasteiger partial charge in [-0.1, -0.05) is 81.6 Å². The average Bonchev–Trinajstić information content (AvgIpc) is 3.03. The summed E-state index contributed by atoms with van der Waals surface area (Å²) in [7, 11) is 0. The molecule has 3 nitrogen and oxygen atoms in total. The van der Waals surface area contributed by atoms with Crippen molar-refractivity contribution in [3.05, 3.63) is 42.2 Å². The summed E-state index contributed by atoms with van der Waals surface area (Å²) >= 11 is 0. The summed E-state index contributed by atoms with van der Waals surface area (Å²) in [4.78, 5) is 0. The van der Waals surface area contributed by atoms with Crippen LogP contribution >= 0.6 is 0 Å². The second-order valence-corrected chi connectivity index (χ2v) is 6.17. The molecule has 2 rings (SSSR count). The standard InChI is InChI=1S/C19H29N3/c1-2-3-4-5-6-7-8-9-11-14-18-17-22(21-20-18)19-15-12-10-13-16-19/h10,12-13,15-17H,2-9,11,14H2,1H3/p+1. The van der Waals surface area contributed by atoms with E-state index >= 15 is 0 Å². The van der Waals surface area contributed by atoms with Gasteiger partial charge in [-0.3, -0.25) is 0 Å². The first-order valence-corrected chi connectivity index (χ1v) is 8.95. The number of benzene rings is 1. The number of rotatable bonds is 11. The molecule has 1 aromatic rings. The Kier molecular flexibility index (Phi) is 7.89. The maximum Gasteiger partial charge on any atom is 0.163 e. The molecule has 1 atom stereocenters. The zero-order valence-corrected chi connectivity index (χ0v) is 13.9. The highest BCUT2D eigenvalue weighted by Crippen LogP contribution is 2.15. The third kappa shape index (κ3) is 6.10. The van der Waals surface area contributed by atoms with E-state index in [0.29, 0.717) is 0 Å². The van der Waals surface area contributed by atoms with Gasteiger partial charge < -0.3 is 0 Å². The molecule has 1 N–H and O–H groups in total. The summed E-state index contributed by atoms with van der Waals surface area (Å²) in [6.45, 7) is 2.27. The Morgan fingerprint density at radius 3 is 2.14 bits per heavy atom. The van der Waals surface area contributed by atoms with Gasteiger partial charge in [0.2, 0.25) is 0 Å². The molecule has 0 bridgehead atoms. The Balaban J connectivity index is 1.54. The summed E-state index contributed by atoms with van der Waals surface area (Å²) in [6, 6.07) is 10.3. The summed E-state index contributed by atoms with van der Waals surface area (Å²) in [5.74, 6) is 0. The number of hydrogen-bond donors (Lipinski definition) is 1. The van der Waals surface area contributed by atoms with Gasteiger partial charge in [0.15, 0.2) is 11.9 Å². The molecule has 1 heterocycles. The van der Waals surface area contributed by atoms with Crippen molar-refractivity contribution in [3.63, 3.8) is 0 Å². The zero-order chi connectivity index (χ0) is 15.5. The lowest BCUT2D eigenvalue weighted by molar-refractivity contribution is -0.783. The highest BCUT2D eigenvalue weighted by atomic mass is 15.6. The van der Waals surface area contributed by atoms with Crippen LogP contribution in [0.1, 0.15) is 71.1 Å². The van der Waals surface area contributed by atoms with Crippen molar-refractivity contribution in [2.75, 3.05) is 0 Å². The molecular formula is C19H30N3+. The van der Waals surface area contributed by atoms with E-state index in [1.807, 2.05) is 18.2 Å². The number of quaternary nitrogens is 1. The van der Waals surface area contributed by atoms with E-state index in [2.05, 4.69) is 35.6 Å². The van der Waals surface area contributed by atoms with Gasteiger partial charge in [0.05, 0.1) is 0 Å². The quantitative estimate of drug-likeness (QED) is 0.534. The first kappa shape index (κ1) is 16.9. The number of nitrogens with zero attached hydrogens (tertiary/aromatic N) is 2. The molecule has 1 aliphatic heterocycles. The number of para-hydroxylation sites is 1. The van der Waals surface area contributed by atoms with Crippen molar-refractivity contribution in [2.24, 2.45) is 10.3 Å². The van der Waals surface area contributed by atoms with Crippen molar-refractivity contribution >= 4 is 5.69 Å². The van der Waals surface area contributed by atoms with E-state index in [0.717, 1.165) is 22.8 Å². The first-order valence-electron chi connectivity index (χ1n) is 8.95. The monoisotopic (exact) mass is 300 g/mol. The van der Waals surface area contributed by atoms with Gasteiger partial charge in [-0.2, -0.15) is 0 Å². The van der Waals surface area contributed by atoms with Crippen LogP contribution in [0.5, 0.6) is 0 Å². The minimum Gasteiger partial charge on any atom is -0.130 e. The minimum atomic E-state index is 1.01. The van der Waals surface area contributed by atoms with Crippen LogP contribution in [0.3, 0.4) is 0 Å². The minimum absolute atomic E-state index is 1.01. The highest BCUT2D eigenvalue weighted by molar-refractivity contribution is 5.28. The lowest BCUT2D eigenvalue weighted by atomic mass is 10.1. The summed E-state index contributed by atoms with van der Waals surface area (Å²) in [5.41, 5.74) is 2.30. The van der Waals surface area contributed by atoms with Gasteiger partial charge in [-0.05, 0) is 12.8 Å². The number of nitrogens with one attached hydrogen (secondary N) is 1. The Morgan fingerprint density at radius 1 is 0.818 bits per heavy atom. The number of hydrogen-bond acceptors (Lipinski definition) is 2. The van der Waals surface area contributed by atoms with E-state index in [9.17, 15) is 0 Å². The lowest BCUT2D eigenvalue weighted by Crippen LogP contribution is -2.96. The molecule has 1 aromatic carbocycles. The first-order chi connectivity index (χ1) is 10.9. The van der Waals surface area contributed by atoms with Gasteiger partial charge >= 0.3 is 0 Å². The Bertz CT molecular complexity index is 465. The number of allylic oxidation sites excluding steroid dienone is 1. The van der Waals surface area contributed by atoms with E-state index in [-0.39, 0.29) is 0 Å². The Hall–Kier alpha value is -1.48. The maximum absolute atomic E-state index is 4.31. The molecule has 0 amide bonds. The largest absolute Gasteiger partial charge is 0.163 e. The third-order valence-corrected chi connectivity index (χ3v) is 4.20. The third-order valence-electron chi connectivity index (χ3n) is 4.20. The van der Waals surface area contributed by atoms with Crippen LogP contribution in [0.25, 0.3) is 0 Å². The van der Waals surface area contributed by atoms with Crippen molar-refractivity contribution in [1.82, 2.24) is 0 Å². The summed E-state index contributed by atoms with van der Waals surface area (Å²) < 4.78 is 0. The van der Waals surface area contributed by atoms with Gasteiger partial charge in [-0.15, -0.1) is 5.01 Å². The van der Waals surface area contributed by atoms with Crippen LogP contribution < -0.4 is 5.01 Å². The molecule has 22 heavy (non-hydrogen) atoms. The van der Waals surface area contributed by atoms with E-state index in [4.69, 9.17) is 0 Å². The van der Waals surface area contributed by atoms with Crippen molar-refractivity contribution in [1.29, 1.82) is 0 Å². The van der Waals surface area contributed by atoms with E-state index in [1.54, 1.807) is 0 Å². The fraction of sp³-hybridized carbons (Fsp3) is 0.579. The van der Waals surface area contributed by atoms with Gasteiger partial charge in [-0.25, -0.2) is 0 Å². The second kappa shape index (κ2) is 10.3. The molecule has 120 valence electrons. The topological polar surface area (TPSA) is 29.2 Å². The SMILES string of the molecule is CCCCCCCCCCCC1=C[NH+](c2ccccc2)N=N1. The lowest BCUT2D eigenvalue weighted by Gasteiger charge is -2.01. The summed E-state index contributed by atoms with van der Waals surface area (Å²) in [5, 5.41) is 9.61. The van der Waals surface area contributed by atoms with Crippen LogP contribution in [0.15, 0.2) is 52.6 Å². The molecule has 0 saturated carbocycles. The van der Waals surface area contributed by atoms with Gasteiger partial charge in [0.1, 0.15) is 5.70 Å². The molecule has 3 heteroatoms. The van der Waals surface area contributed by atoms with E-state index < -0.39 is 0 Å². The molecule has 1 unspecified atom stereocenters. The fourth-order valence-electron chi connectivity index (χ4n) is 2.82. The van der Waals surface area contributed by atoms with Gasteiger partial charge in [0, 0.05) is 17.4 Å². The predicted octanol–water partition coefficient (Wildman–Crippen LogP) is 5.35.